The molecule has 0 saturated heterocycles. The number of rotatable bonds is 2. The molecule has 84 valence electrons. The maximum atomic E-state index is 5.71. The molecule has 3 N–H and O–H groups in total. The standard InChI is InChI=1S/C13H17N3/c1-8(2)10-4-6-11(7-5-10)12-9(3)13(14)16-15-12/h4-8H,1-3H3,(H3,14,15,16). The van der Waals surface area contributed by atoms with Crippen LogP contribution in [0.2, 0.25) is 0 Å². The van der Waals surface area contributed by atoms with E-state index >= 15 is 0 Å². The number of nitrogens with zero attached hydrogens (tertiary/aromatic N) is 1. The normalized spacial score (nSPS) is 11.0. The predicted molar refractivity (Wildman–Crippen MR) is 67.3 cm³/mol. The average molecular weight is 215 g/mol. The second-order valence-corrected chi connectivity index (χ2v) is 4.39. The zero-order valence-electron chi connectivity index (χ0n) is 9.91. The third kappa shape index (κ3) is 1.81. The van der Waals surface area contributed by atoms with Crippen LogP contribution in [0.4, 0.5) is 5.82 Å². The molecular weight excluding hydrogens is 198 g/mol. The van der Waals surface area contributed by atoms with Crippen molar-refractivity contribution in [1.82, 2.24) is 10.2 Å². The van der Waals surface area contributed by atoms with Crippen LogP contribution < -0.4 is 5.73 Å². The minimum absolute atomic E-state index is 0.557. The van der Waals surface area contributed by atoms with Crippen molar-refractivity contribution in [2.45, 2.75) is 26.7 Å². The van der Waals surface area contributed by atoms with Crippen LogP contribution in [0.25, 0.3) is 11.3 Å². The average Bonchev–Trinajstić information content (AvgIpc) is 2.60. The van der Waals surface area contributed by atoms with Gasteiger partial charge < -0.3 is 5.73 Å². The zero-order valence-corrected chi connectivity index (χ0v) is 9.91. The number of nitrogens with one attached hydrogen (secondary N) is 1. The predicted octanol–water partition coefficient (Wildman–Crippen LogP) is 3.09. The molecule has 0 radical (unpaired) electrons. The summed E-state index contributed by atoms with van der Waals surface area (Å²) in [6.45, 7) is 6.35. The molecule has 0 spiro atoms. The van der Waals surface area contributed by atoms with Crippen LogP contribution in [-0.2, 0) is 0 Å². The van der Waals surface area contributed by atoms with Crippen LogP contribution in [-0.4, -0.2) is 10.2 Å². The molecule has 2 aromatic rings. The van der Waals surface area contributed by atoms with Crippen LogP contribution in [0.3, 0.4) is 0 Å². The van der Waals surface area contributed by atoms with E-state index in [9.17, 15) is 0 Å². The van der Waals surface area contributed by atoms with Gasteiger partial charge in [0, 0.05) is 5.56 Å². The first kappa shape index (κ1) is 10.7. The molecule has 3 heteroatoms. The minimum Gasteiger partial charge on any atom is -0.382 e. The van der Waals surface area contributed by atoms with Crippen LogP contribution in [0.5, 0.6) is 0 Å². The summed E-state index contributed by atoms with van der Waals surface area (Å²) in [5.74, 6) is 1.13. The fraction of sp³-hybridized carbons (Fsp3) is 0.308. The number of nitrogens with two attached hydrogens (primary N) is 1. The number of benzene rings is 1. The molecule has 0 aliphatic carbocycles. The van der Waals surface area contributed by atoms with E-state index in [1.807, 2.05) is 6.92 Å². The molecule has 1 aromatic carbocycles. The van der Waals surface area contributed by atoms with Crippen molar-refractivity contribution in [2.75, 3.05) is 5.73 Å². The molecule has 0 aliphatic rings. The van der Waals surface area contributed by atoms with E-state index in [1.54, 1.807) is 0 Å². The van der Waals surface area contributed by atoms with Crippen LogP contribution in [0, 0.1) is 6.92 Å². The van der Waals surface area contributed by atoms with Gasteiger partial charge in [-0.3, -0.25) is 5.10 Å². The fourth-order valence-corrected chi connectivity index (χ4v) is 1.73. The summed E-state index contributed by atoms with van der Waals surface area (Å²) in [5, 5.41) is 6.97. The molecule has 0 bridgehead atoms. The molecule has 0 fully saturated rings. The van der Waals surface area contributed by atoms with Gasteiger partial charge in [-0.05, 0) is 24.0 Å². The molecule has 1 heterocycles. The van der Waals surface area contributed by atoms with Crippen LogP contribution in [0.15, 0.2) is 24.3 Å². The van der Waals surface area contributed by atoms with E-state index in [0.717, 1.165) is 16.8 Å². The van der Waals surface area contributed by atoms with Gasteiger partial charge in [-0.25, -0.2) is 0 Å². The zero-order chi connectivity index (χ0) is 11.7. The second-order valence-electron chi connectivity index (χ2n) is 4.39. The van der Waals surface area contributed by atoms with E-state index in [0.29, 0.717) is 11.7 Å². The number of anilines is 1. The van der Waals surface area contributed by atoms with E-state index in [1.165, 1.54) is 5.56 Å². The number of aromatic amines is 1. The molecule has 0 amide bonds. The Morgan fingerprint density at radius 1 is 1.19 bits per heavy atom. The van der Waals surface area contributed by atoms with Gasteiger partial charge in [0.25, 0.3) is 0 Å². The van der Waals surface area contributed by atoms with Gasteiger partial charge in [-0.1, -0.05) is 38.1 Å². The lowest BCUT2D eigenvalue weighted by molar-refractivity contribution is 0.867. The summed E-state index contributed by atoms with van der Waals surface area (Å²) in [7, 11) is 0. The van der Waals surface area contributed by atoms with Crippen molar-refractivity contribution in [3.05, 3.63) is 35.4 Å². The van der Waals surface area contributed by atoms with Gasteiger partial charge in [0.05, 0.1) is 5.69 Å². The first-order valence-electron chi connectivity index (χ1n) is 5.50. The molecule has 0 unspecified atom stereocenters. The fourth-order valence-electron chi connectivity index (χ4n) is 1.73. The van der Waals surface area contributed by atoms with Gasteiger partial charge >= 0.3 is 0 Å². The highest BCUT2D eigenvalue weighted by molar-refractivity contribution is 5.67. The number of hydrogen-bond acceptors (Lipinski definition) is 2. The third-order valence-electron chi connectivity index (χ3n) is 2.91. The summed E-state index contributed by atoms with van der Waals surface area (Å²) < 4.78 is 0. The summed E-state index contributed by atoms with van der Waals surface area (Å²) in [6, 6.07) is 8.51. The highest BCUT2D eigenvalue weighted by Crippen LogP contribution is 2.25. The van der Waals surface area contributed by atoms with Crippen LogP contribution in [0.1, 0.15) is 30.9 Å². The first-order chi connectivity index (χ1) is 7.59. The summed E-state index contributed by atoms with van der Waals surface area (Å²) >= 11 is 0. The Labute approximate surface area is 95.7 Å². The van der Waals surface area contributed by atoms with Crippen LogP contribution >= 0.6 is 0 Å². The highest BCUT2D eigenvalue weighted by atomic mass is 15.2. The molecule has 0 atom stereocenters. The first-order valence-corrected chi connectivity index (χ1v) is 5.50. The van der Waals surface area contributed by atoms with Gasteiger partial charge in [0.2, 0.25) is 0 Å². The van der Waals surface area contributed by atoms with Crippen molar-refractivity contribution in [3.63, 3.8) is 0 Å². The largest absolute Gasteiger partial charge is 0.382 e. The summed E-state index contributed by atoms with van der Waals surface area (Å²) in [6.07, 6.45) is 0. The van der Waals surface area contributed by atoms with E-state index in [-0.39, 0.29) is 0 Å². The summed E-state index contributed by atoms with van der Waals surface area (Å²) in [4.78, 5) is 0. The lowest BCUT2D eigenvalue weighted by Crippen LogP contribution is -1.88. The maximum absolute atomic E-state index is 5.71. The van der Waals surface area contributed by atoms with Crippen molar-refractivity contribution in [3.8, 4) is 11.3 Å². The Balaban J connectivity index is 2.38. The number of aromatic nitrogens is 2. The van der Waals surface area contributed by atoms with Crippen molar-refractivity contribution < 1.29 is 0 Å². The van der Waals surface area contributed by atoms with E-state index in [2.05, 4.69) is 48.3 Å². The van der Waals surface area contributed by atoms with Crippen molar-refractivity contribution in [1.29, 1.82) is 0 Å². The molecule has 0 saturated carbocycles. The Morgan fingerprint density at radius 2 is 1.81 bits per heavy atom. The van der Waals surface area contributed by atoms with Gasteiger partial charge in [-0.2, -0.15) is 5.10 Å². The highest BCUT2D eigenvalue weighted by Gasteiger charge is 2.08. The van der Waals surface area contributed by atoms with E-state index in [4.69, 9.17) is 5.73 Å². The molecule has 16 heavy (non-hydrogen) atoms. The number of nitrogen functional groups attached to an aromatic ring is 1. The van der Waals surface area contributed by atoms with E-state index < -0.39 is 0 Å². The van der Waals surface area contributed by atoms with Gasteiger partial charge in [0.15, 0.2) is 0 Å². The quantitative estimate of drug-likeness (QED) is 0.808. The summed E-state index contributed by atoms with van der Waals surface area (Å²) in [5.41, 5.74) is 10.2. The monoisotopic (exact) mass is 215 g/mol. The number of hydrogen-bond donors (Lipinski definition) is 2. The Morgan fingerprint density at radius 3 is 2.25 bits per heavy atom. The number of H-pyrrole nitrogens is 1. The molecule has 1 aromatic heterocycles. The molecule has 0 aliphatic heterocycles. The Bertz CT molecular complexity index is 480. The Hall–Kier alpha value is -1.77. The lowest BCUT2D eigenvalue weighted by Gasteiger charge is -2.06. The second kappa shape index (κ2) is 4.00. The SMILES string of the molecule is Cc1c(N)n[nH]c1-c1ccc(C(C)C)cc1. The Kier molecular flexibility index (Phi) is 2.69. The van der Waals surface area contributed by atoms with Crippen molar-refractivity contribution in [2.24, 2.45) is 0 Å². The molecular formula is C13H17N3. The maximum Gasteiger partial charge on any atom is 0.148 e. The molecule has 3 nitrogen and oxygen atoms in total. The smallest absolute Gasteiger partial charge is 0.148 e. The molecule has 2 rings (SSSR count). The van der Waals surface area contributed by atoms with Crippen molar-refractivity contribution >= 4 is 5.82 Å². The topological polar surface area (TPSA) is 54.7 Å². The van der Waals surface area contributed by atoms with Gasteiger partial charge in [0.1, 0.15) is 5.82 Å². The third-order valence-corrected chi connectivity index (χ3v) is 2.91. The minimum atomic E-state index is 0.557. The van der Waals surface area contributed by atoms with Gasteiger partial charge in [-0.15, -0.1) is 0 Å². The lowest BCUT2D eigenvalue weighted by atomic mass is 10.00.